The average molecular weight is 941 g/mol. The van der Waals surface area contributed by atoms with E-state index in [1.165, 1.54) is 83.5 Å². The van der Waals surface area contributed by atoms with Crippen LogP contribution >= 0.6 is 0 Å². The fourth-order valence-electron chi connectivity index (χ4n) is 7.22. The van der Waals surface area contributed by atoms with Crippen molar-refractivity contribution in [1.29, 1.82) is 0 Å². The summed E-state index contributed by atoms with van der Waals surface area (Å²) >= 11 is 0. The largest absolute Gasteiger partial charge is 0.462 e. The highest BCUT2D eigenvalue weighted by atomic mass is 16.6. The molecule has 1 unspecified atom stereocenters. The predicted molar refractivity (Wildman–Crippen MR) is 293 cm³/mol. The van der Waals surface area contributed by atoms with Gasteiger partial charge in [-0.1, -0.05) is 239 Å². The molecule has 0 radical (unpaired) electrons. The third-order valence-corrected chi connectivity index (χ3v) is 11.3. The highest BCUT2D eigenvalue weighted by molar-refractivity contribution is 5.71. The van der Waals surface area contributed by atoms with Gasteiger partial charge in [-0.15, -0.1) is 0 Å². The molecule has 0 saturated heterocycles. The normalized spacial score (nSPS) is 13.0. The molecule has 0 heterocycles. The Morgan fingerprint density at radius 1 is 0.324 bits per heavy atom. The van der Waals surface area contributed by atoms with Crippen LogP contribution in [0.3, 0.4) is 0 Å². The van der Waals surface area contributed by atoms with Gasteiger partial charge in [0, 0.05) is 19.3 Å². The summed E-state index contributed by atoms with van der Waals surface area (Å²) in [4.78, 5) is 38.1. The van der Waals surface area contributed by atoms with Gasteiger partial charge >= 0.3 is 17.9 Å². The summed E-state index contributed by atoms with van der Waals surface area (Å²) in [6.45, 7) is 6.29. The second kappa shape index (κ2) is 55.4. The van der Waals surface area contributed by atoms with Gasteiger partial charge in [0.05, 0.1) is 0 Å². The van der Waals surface area contributed by atoms with Crippen molar-refractivity contribution in [1.82, 2.24) is 0 Å². The van der Waals surface area contributed by atoms with Gasteiger partial charge in [0.2, 0.25) is 0 Å². The van der Waals surface area contributed by atoms with E-state index in [1.54, 1.807) is 0 Å². The first-order chi connectivity index (χ1) is 33.5. The molecule has 0 saturated carbocycles. The standard InChI is InChI=1S/C62H100O6/c1-4-7-10-13-16-19-22-25-27-29-31-33-34-37-40-43-46-49-52-55-61(64)67-58-59(57-66-60(63)54-51-48-45-42-39-36-24-21-18-15-12-9-6-3)68-62(65)56-53-50-47-44-41-38-35-32-30-28-26-23-20-17-14-11-8-5-2/h7,9-10,12,15-16,18-19,21,24-25,27,31-33,35-36,39,42,45,59H,4-6,8,11,13-14,17,20,22-23,26,28-30,34,37-38,40-41,43-44,46-58H2,1-3H3/b10-7-,12-9-,18-15-,19-16-,24-21-,27-25-,33-31-,35-32-,39-36-,45-42-. The van der Waals surface area contributed by atoms with E-state index in [2.05, 4.69) is 87.6 Å². The Bertz CT molecular complexity index is 1450. The number of allylic oxidation sites excluding steroid dienone is 20. The molecule has 0 aromatic rings. The Morgan fingerprint density at radius 2 is 0.662 bits per heavy atom. The van der Waals surface area contributed by atoms with Crippen molar-refractivity contribution in [3.05, 3.63) is 122 Å². The Balaban J connectivity index is 4.50. The molecule has 6 nitrogen and oxygen atoms in total. The van der Waals surface area contributed by atoms with Crippen LogP contribution in [0.15, 0.2) is 122 Å². The fourth-order valence-corrected chi connectivity index (χ4v) is 7.22. The van der Waals surface area contributed by atoms with E-state index < -0.39 is 6.10 Å². The molecule has 0 aliphatic carbocycles. The molecule has 384 valence electrons. The first-order valence-corrected chi connectivity index (χ1v) is 27.6. The summed E-state index contributed by atoms with van der Waals surface area (Å²) in [6.07, 6.45) is 76.2. The monoisotopic (exact) mass is 941 g/mol. The molecule has 0 aromatic heterocycles. The Kier molecular flexibility index (Phi) is 52.0. The van der Waals surface area contributed by atoms with Crippen LogP contribution in [0.1, 0.15) is 233 Å². The van der Waals surface area contributed by atoms with Gasteiger partial charge in [-0.05, 0) is 96.3 Å². The van der Waals surface area contributed by atoms with Crippen molar-refractivity contribution in [2.45, 2.75) is 239 Å². The van der Waals surface area contributed by atoms with Crippen LogP contribution in [0, 0.1) is 0 Å². The van der Waals surface area contributed by atoms with E-state index in [-0.39, 0.29) is 37.5 Å². The minimum Gasteiger partial charge on any atom is -0.462 e. The highest BCUT2D eigenvalue weighted by Gasteiger charge is 2.19. The highest BCUT2D eigenvalue weighted by Crippen LogP contribution is 2.14. The van der Waals surface area contributed by atoms with Crippen molar-refractivity contribution in [3.8, 4) is 0 Å². The zero-order valence-corrected chi connectivity index (χ0v) is 43.8. The molecule has 0 aliphatic rings. The SMILES string of the molecule is CC\C=C/C=C\C=C/C=C\C=C/CCCC(=O)OCC(COC(=O)CCCCCCCC/C=C\C/C=C\C/C=C\C/C=C\CC)OC(=O)CCCCCCC/C=C\CCCCCCCCCCC. The van der Waals surface area contributed by atoms with Crippen molar-refractivity contribution in [2.24, 2.45) is 0 Å². The van der Waals surface area contributed by atoms with E-state index >= 15 is 0 Å². The lowest BCUT2D eigenvalue weighted by molar-refractivity contribution is -0.167. The zero-order valence-electron chi connectivity index (χ0n) is 43.8. The van der Waals surface area contributed by atoms with Crippen LogP contribution < -0.4 is 0 Å². The van der Waals surface area contributed by atoms with E-state index in [9.17, 15) is 14.4 Å². The molecular weight excluding hydrogens is 841 g/mol. The molecular formula is C62H100O6. The maximum Gasteiger partial charge on any atom is 0.306 e. The van der Waals surface area contributed by atoms with Crippen LogP contribution in [0.5, 0.6) is 0 Å². The van der Waals surface area contributed by atoms with E-state index in [1.807, 2.05) is 54.7 Å². The first-order valence-electron chi connectivity index (χ1n) is 27.6. The second-order valence-corrected chi connectivity index (χ2v) is 17.8. The van der Waals surface area contributed by atoms with Crippen molar-refractivity contribution < 1.29 is 28.6 Å². The molecule has 0 fully saturated rings. The lowest BCUT2D eigenvalue weighted by atomic mass is 10.1. The summed E-state index contributed by atoms with van der Waals surface area (Å²) in [7, 11) is 0. The molecule has 0 N–H and O–H groups in total. The predicted octanol–water partition coefficient (Wildman–Crippen LogP) is 18.5. The first kappa shape index (κ1) is 63.8. The van der Waals surface area contributed by atoms with Gasteiger partial charge in [0.1, 0.15) is 13.2 Å². The summed E-state index contributed by atoms with van der Waals surface area (Å²) in [5.74, 6) is -1.02. The van der Waals surface area contributed by atoms with E-state index in [4.69, 9.17) is 14.2 Å². The number of carbonyl (C=O) groups is 3. The topological polar surface area (TPSA) is 78.9 Å². The molecule has 0 amide bonds. The maximum atomic E-state index is 12.8. The van der Waals surface area contributed by atoms with Crippen LogP contribution in [-0.4, -0.2) is 37.2 Å². The number of esters is 3. The van der Waals surface area contributed by atoms with Crippen molar-refractivity contribution in [3.63, 3.8) is 0 Å². The summed E-state index contributed by atoms with van der Waals surface area (Å²) in [5, 5.41) is 0. The molecule has 68 heavy (non-hydrogen) atoms. The van der Waals surface area contributed by atoms with Crippen LogP contribution in [-0.2, 0) is 28.6 Å². The van der Waals surface area contributed by atoms with Crippen LogP contribution in [0.4, 0.5) is 0 Å². The van der Waals surface area contributed by atoms with Gasteiger partial charge in [-0.2, -0.15) is 0 Å². The maximum absolute atomic E-state index is 12.8. The molecule has 0 rings (SSSR count). The quantitative estimate of drug-likeness (QED) is 0.0199. The molecule has 1 atom stereocenters. The van der Waals surface area contributed by atoms with Gasteiger partial charge in [-0.3, -0.25) is 14.4 Å². The average Bonchev–Trinajstić information content (AvgIpc) is 3.34. The van der Waals surface area contributed by atoms with Gasteiger partial charge in [0.25, 0.3) is 0 Å². The molecule has 0 aliphatic heterocycles. The lowest BCUT2D eigenvalue weighted by Crippen LogP contribution is -2.30. The molecule has 6 heteroatoms. The van der Waals surface area contributed by atoms with Gasteiger partial charge < -0.3 is 14.2 Å². The second-order valence-electron chi connectivity index (χ2n) is 17.8. The summed E-state index contributed by atoms with van der Waals surface area (Å²) in [6, 6.07) is 0. The van der Waals surface area contributed by atoms with Crippen LogP contribution in [0.2, 0.25) is 0 Å². The third-order valence-electron chi connectivity index (χ3n) is 11.3. The van der Waals surface area contributed by atoms with Crippen molar-refractivity contribution >= 4 is 17.9 Å². The van der Waals surface area contributed by atoms with Crippen LogP contribution in [0.25, 0.3) is 0 Å². The molecule has 0 aromatic carbocycles. The van der Waals surface area contributed by atoms with E-state index in [0.717, 1.165) is 103 Å². The number of hydrogen-bond acceptors (Lipinski definition) is 6. The molecule has 0 spiro atoms. The number of unbranched alkanes of at least 4 members (excludes halogenated alkanes) is 21. The number of hydrogen-bond donors (Lipinski definition) is 0. The Morgan fingerprint density at radius 3 is 1.13 bits per heavy atom. The number of ether oxygens (including phenoxy) is 3. The smallest absolute Gasteiger partial charge is 0.306 e. The third kappa shape index (κ3) is 52.8. The number of carbonyl (C=O) groups excluding carboxylic acids is 3. The Labute approximate surface area is 418 Å². The minimum atomic E-state index is -0.821. The molecule has 0 bridgehead atoms. The lowest BCUT2D eigenvalue weighted by Gasteiger charge is -2.18. The zero-order chi connectivity index (χ0) is 49.3. The summed E-state index contributed by atoms with van der Waals surface area (Å²) < 4.78 is 16.8. The summed E-state index contributed by atoms with van der Waals surface area (Å²) in [5.41, 5.74) is 0. The minimum absolute atomic E-state index is 0.115. The Hall–Kier alpha value is -4.19. The fraction of sp³-hybridized carbons (Fsp3) is 0.629. The number of rotatable bonds is 48. The van der Waals surface area contributed by atoms with Gasteiger partial charge in [0.15, 0.2) is 6.10 Å². The van der Waals surface area contributed by atoms with Crippen molar-refractivity contribution in [2.75, 3.05) is 13.2 Å². The van der Waals surface area contributed by atoms with E-state index in [0.29, 0.717) is 19.3 Å². The van der Waals surface area contributed by atoms with Gasteiger partial charge in [-0.25, -0.2) is 0 Å².